The van der Waals surface area contributed by atoms with E-state index in [2.05, 4.69) is 82.0 Å². The summed E-state index contributed by atoms with van der Waals surface area (Å²) >= 11 is 0. The second-order valence-corrected chi connectivity index (χ2v) is 9.05. The third kappa shape index (κ3) is 5.42. The highest BCUT2D eigenvalue weighted by Gasteiger charge is 2.30. The molecule has 0 bridgehead atoms. The number of benzene rings is 2. The highest BCUT2D eigenvalue weighted by Crippen LogP contribution is 2.37. The monoisotopic (exact) mass is 469 g/mol. The van der Waals surface area contributed by atoms with Crippen molar-refractivity contribution in [3.05, 3.63) is 96.2 Å². The Bertz CT molecular complexity index is 1220. The zero-order valence-corrected chi connectivity index (χ0v) is 19.9. The molecule has 0 aliphatic heterocycles. The van der Waals surface area contributed by atoms with Crippen molar-refractivity contribution < 1.29 is 9.63 Å². The van der Waals surface area contributed by atoms with Gasteiger partial charge in [-0.3, -0.25) is 0 Å². The van der Waals surface area contributed by atoms with Crippen LogP contribution >= 0.6 is 0 Å². The smallest absolute Gasteiger partial charge is 0.213 e. The van der Waals surface area contributed by atoms with E-state index in [4.69, 9.17) is 4.52 Å². The molecule has 2 aromatic carbocycles. The van der Waals surface area contributed by atoms with Crippen molar-refractivity contribution in [1.29, 1.82) is 0 Å². The number of nitrogens with zero attached hydrogens (tertiary/aromatic N) is 4. The normalized spacial score (nSPS) is 18.6. The first-order valence-corrected chi connectivity index (χ1v) is 12.2. The zero-order valence-electron chi connectivity index (χ0n) is 19.9. The van der Waals surface area contributed by atoms with Crippen LogP contribution < -0.4 is 5.32 Å². The number of nitrogens with one attached hydrogen (secondary N) is 1. The average molecular weight is 470 g/mol. The van der Waals surface area contributed by atoms with Crippen LogP contribution in [0.1, 0.15) is 54.5 Å². The van der Waals surface area contributed by atoms with Crippen LogP contribution in [0.4, 0.5) is 0 Å². The molecule has 0 saturated heterocycles. The van der Waals surface area contributed by atoms with Gasteiger partial charge in [0.05, 0.1) is 19.2 Å². The molecule has 180 valence electrons. The topological polar surface area (TPSA) is 89.0 Å². The van der Waals surface area contributed by atoms with Gasteiger partial charge in [0, 0.05) is 24.9 Å². The van der Waals surface area contributed by atoms with Crippen molar-refractivity contribution >= 4 is 6.08 Å². The van der Waals surface area contributed by atoms with Crippen LogP contribution in [0, 0.1) is 0 Å². The maximum Gasteiger partial charge on any atom is 0.213 e. The van der Waals surface area contributed by atoms with E-state index in [1.165, 1.54) is 23.1 Å². The van der Waals surface area contributed by atoms with Crippen LogP contribution in [-0.4, -0.2) is 37.4 Å². The van der Waals surface area contributed by atoms with Crippen molar-refractivity contribution in [3.63, 3.8) is 0 Å². The lowest BCUT2D eigenvalue weighted by molar-refractivity contribution is 0.251. The van der Waals surface area contributed by atoms with Crippen molar-refractivity contribution in [2.45, 2.75) is 50.7 Å². The predicted octanol–water partition coefficient (Wildman–Crippen LogP) is 4.78. The molecule has 2 N–H and O–H groups in total. The van der Waals surface area contributed by atoms with E-state index in [1.54, 1.807) is 6.20 Å². The Labute approximate surface area is 205 Å². The van der Waals surface area contributed by atoms with Gasteiger partial charge in [0.25, 0.3) is 0 Å². The molecule has 0 spiro atoms. The van der Waals surface area contributed by atoms with Crippen LogP contribution in [0.2, 0.25) is 0 Å². The summed E-state index contributed by atoms with van der Waals surface area (Å²) in [7, 11) is 0. The van der Waals surface area contributed by atoms with Gasteiger partial charge in [0.1, 0.15) is 5.82 Å². The fraction of sp³-hybridized carbons (Fsp3) is 0.321. The van der Waals surface area contributed by atoms with Gasteiger partial charge in [0.2, 0.25) is 6.39 Å². The standard InChI is InChI=1S/C28H31N5O2/c1-2-28-29-13-14-33(28)26(18-34)12-5-20-3-6-21(7-4-20)22-8-10-23(11-9-22)24-15-25(16-24)30-17-27-31-19-35-32-27/h3-14,19,24-26,30,34H,2,15-18H2,1H3/b12-5+. The lowest BCUT2D eigenvalue weighted by atomic mass is 9.75. The van der Waals surface area contributed by atoms with Gasteiger partial charge < -0.3 is 19.5 Å². The van der Waals surface area contributed by atoms with Crippen molar-refractivity contribution in [2.75, 3.05) is 6.61 Å². The summed E-state index contributed by atoms with van der Waals surface area (Å²) in [6.07, 6.45) is 12.3. The van der Waals surface area contributed by atoms with Gasteiger partial charge in [-0.15, -0.1) is 0 Å². The minimum absolute atomic E-state index is 0.0426. The molecule has 4 aromatic rings. The zero-order chi connectivity index (χ0) is 24.0. The second-order valence-electron chi connectivity index (χ2n) is 9.05. The first-order chi connectivity index (χ1) is 17.2. The maximum absolute atomic E-state index is 9.84. The Morgan fingerprint density at radius 3 is 2.49 bits per heavy atom. The molecular weight excluding hydrogens is 438 g/mol. The van der Waals surface area contributed by atoms with Gasteiger partial charge in [-0.2, -0.15) is 4.98 Å². The third-order valence-electron chi connectivity index (χ3n) is 6.84. The Morgan fingerprint density at radius 1 is 1.09 bits per heavy atom. The van der Waals surface area contributed by atoms with Crippen LogP contribution in [0.5, 0.6) is 0 Å². The van der Waals surface area contributed by atoms with Crippen molar-refractivity contribution in [2.24, 2.45) is 0 Å². The van der Waals surface area contributed by atoms with Crippen LogP contribution in [0.15, 0.2) is 77.9 Å². The van der Waals surface area contributed by atoms with E-state index in [0.717, 1.165) is 30.7 Å². The van der Waals surface area contributed by atoms with Gasteiger partial charge in [-0.1, -0.05) is 72.8 Å². The Morgan fingerprint density at radius 2 is 1.83 bits per heavy atom. The van der Waals surface area contributed by atoms with E-state index in [0.29, 0.717) is 24.3 Å². The number of hydrogen-bond donors (Lipinski definition) is 2. The molecule has 1 atom stereocenters. The summed E-state index contributed by atoms with van der Waals surface area (Å²) in [5.41, 5.74) is 4.92. The number of aliphatic hydroxyl groups excluding tert-OH is 1. The van der Waals surface area contributed by atoms with Gasteiger partial charge in [-0.05, 0) is 41.0 Å². The number of aromatic nitrogens is 4. The van der Waals surface area contributed by atoms with Crippen molar-refractivity contribution in [1.82, 2.24) is 25.0 Å². The molecule has 7 heteroatoms. The highest BCUT2D eigenvalue weighted by atomic mass is 16.5. The van der Waals surface area contributed by atoms with E-state index in [-0.39, 0.29) is 12.6 Å². The molecule has 2 heterocycles. The summed E-state index contributed by atoms with van der Waals surface area (Å²) in [5.74, 6) is 2.28. The molecular formula is C28H31N5O2. The Balaban J connectivity index is 1.16. The second kappa shape index (κ2) is 10.8. The lowest BCUT2D eigenvalue weighted by Crippen LogP contribution is -2.39. The molecule has 1 unspecified atom stereocenters. The average Bonchev–Trinajstić information content (AvgIpc) is 3.57. The number of rotatable bonds is 10. The van der Waals surface area contributed by atoms with Gasteiger partial charge in [0.15, 0.2) is 5.82 Å². The van der Waals surface area contributed by atoms with E-state index in [9.17, 15) is 5.11 Å². The SMILES string of the molecule is CCc1nccn1C(/C=C/c1ccc(-c2ccc(C3CC(NCc4ncon4)C3)cc2)cc1)CO. The molecule has 7 nitrogen and oxygen atoms in total. The van der Waals surface area contributed by atoms with E-state index < -0.39 is 0 Å². The summed E-state index contributed by atoms with van der Waals surface area (Å²) in [6, 6.07) is 17.9. The van der Waals surface area contributed by atoms with Crippen LogP contribution in [-0.2, 0) is 13.0 Å². The molecule has 1 fully saturated rings. The van der Waals surface area contributed by atoms with Gasteiger partial charge >= 0.3 is 0 Å². The molecule has 1 saturated carbocycles. The molecule has 2 aromatic heterocycles. The number of aryl methyl sites for hydroxylation is 1. The third-order valence-corrected chi connectivity index (χ3v) is 6.84. The molecule has 1 aliphatic rings. The highest BCUT2D eigenvalue weighted by molar-refractivity contribution is 5.66. The predicted molar refractivity (Wildman–Crippen MR) is 136 cm³/mol. The minimum atomic E-state index is -0.111. The summed E-state index contributed by atoms with van der Waals surface area (Å²) in [6.45, 7) is 2.77. The lowest BCUT2D eigenvalue weighted by Gasteiger charge is -2.36. The summed E-state index contributed by atoms with van der Waals surface area (Å²) in [5, 5.41) is 17.2. The van der Waals surface area contributed by atoms with E-state index in [1.807, 2.05) is 16.8 Å². The molecule has 35 heavy (non-hydrogen) atoms. The fourth-order valence-corrected chi connectivity index (χ4v) is 4.68. The Hall–Kier alpha value is -3.55. The molecule has 1 aliphatic carbocycles. The van der Waals surface area contributed by atoms with Crippen LogP contribution in [0.3, 0.4) is 0 Å². The molecule has 0 radical (unpaired) electrons. The summed E-state index contributed by atoms with van der Waals surface area (Å²) < 4.78 is 6.80. The number of imidazole rings is 1. The van der Waals surface area contributed by atoms with Gasteiger partial charge in [-0.25, -0.2) is 4.98 Å². The first kappa shape index (κ1) is 23.2. The molecule has 0 amide bonds. The van der Waals surface area contributed by atoms with E-state index >= 15 is 0 Å². The maximum atomic E-state index is 9.84. The minimum Gasteiger partial charge on any atom is -0.394 e. The molecule has 5 rings (SSSR count). The number of aliphatic hydroxyl groups is 1. The quantitative estimate of drug-likeness (QED) is 0.348. The van der Waals surface area contributed by atoms with Crippen molar-refractivity contribution in [3.8, 4) is 11.1 Å². The Kier molecular flexibility index (Phi) is 7.16. The fourth-order valence-electron chi connectivity index (χ4n) is 4.68. The largest absolute Gasteiger partial charge is 0.394 e. The van der Waals surface area contributed by atoms with Crippen LogP contribution in [0.25, 0.3) is 17.2 Å². The number of hydrogen-bond acceptors (Lipinski definition) is 6. The first-order valence-electron chi connectivity index (χ1n) is 12.2. The summed E-state index contributed by atoms with van der Waals surface area (Å²) in [4.78, 5) is 8.41.